The molecule has 0 bridgehead atoms. The second kappa shape index (κ2) is 1.66. The van der Waals surface area contributed by atoms with Crippen molar-refractivity contribution in [3.8, 4) is 0 Å². The van der Waals surface area contributed by atoms with Crippen molar-refractivity contribution in [2.45, 2.75) is 25.3 Å². The van der Waals surface area contributed by atoms with Crippen LogP contribution < -0.4 is 5.73 Å². The van der Waals surface area contributed by atoms with Crippen LogP contribution in [0.2, 0.25) is 0 Å². The van der Waals surface area contributed by atoms with Gasteiger partial charge in [-0.15, -0.1) is 0 Å². The fourth-order valence-electron chi connectivity index (χ4n) is 1.79. The molecule has 0 aromatic rings. The summed E-state index contributed by atoms with van der Waals surface area (Å²) in [5.41, 5.74) is 5.71. The van der Waals surface area contributed by atoms with Crippen LogP contribution >= 0.6 is 0 Å². The van der Waals surface area contributed by atoms with E-state index in [0.29, 0.717) is 0 Å². The van der Waals surface area contributed by atoms with Crippen LogP contribution in [0.15, 0.2) is 11.9 Å². The molecule has 0 aliphatic carbocycles. The molecule has 1 fully saturated rings. The Balaban J connectivity index is 2.16. The number of hydrogen-bond acceptors (Lipinski definition) is 2. The highest BCUT2D eigenvalue weighted by Crippen LogP contribution is 2.27. The summed E-state index contributed by atoms with van der Waals surface area (Å²) in [7, 11) is 0. The Hall–Kier alpha value is -0.660. The maximum absolute atomic E-state index is 5.71. The lowest BCUT2D eigenvalue weighted by atomic mass is 10.2. The zero-order chi connectivity index (χ0) is 6.27. The molecule has 2 aliphatic heterocycles. The van der Waals surface area contributed by atoms with Gasteiger partial charge < -0.3 is 10.6 Å². The summed E-state index contributed by atoms with van der Waals surface area (Å²) in [6.45, 7) is 1.19. The van der Waals surface area contributed by atoms with Crippen LogP contribution in [0.4, 0.5) is 0 Å². The Kier molecular flexibility index (Phi) is 0.949. The molecule has 50 valence electrons. The number of hydrogen-bond donors (Lipinski definition) is 1. The first kappa shape index (κ1) is 5.15. The normalized spacial score (nSPS) is 32.7. The van der Waals surface area contributed by atoms with Crippen molar-refractivity contribution in [2.24, 2.45) is 5.73 Å². The fourth-order valence-corrected chi connectivity index (χ4v) is 1.79. The molecule has 2 rings (SSSR count). The first-order valence-electron chi connectivity index (χ1n) is 3.60. The summed E-state index contributed by atoms with van der Waals surface area (Å²) in [4.78, 5) is 2.32. The van der Waals surface area contributed by atoms with Crippen molar-refractivity contribution in [3.63, 3.8) is 0 Å². The molecule has 9 heavy (non-hydrogen) atoms. The number of fused-ring (bicyclic) bond motifs is 1. The van der Waals surface area contributed by atoms with E-state index in [1.807, 2.05) is 0 Å². The van der Waals surface area contributed by atoms with Crippen LogP contribution in [0.5, 0.6) is 0 Å². The van der Waals surface area contributed by atoms with Crippen LogP contribution in [0, 0.1) is 0 Å². The third-order valence-corrected chi connectivity index (χ3v) is 2.31. The largest absolute Gasteiger partial charge is 0.386 e. The van der Waals surface area contributed by atoms with Gasteiger partial charge in [0.1, 0.15) is 0 Å². The number of nitrogens with two attached hydrogens (primary N) is 1. The van der Waals surface area contributed by atoms with E-state index in [-0.39, 0.29) is 0 Å². The highest BCUT2D eigenvalue weighted by molar-refractivity contribution is 5.09. The molecule has 1 saturated heterocycles. The lowest BCUT2D eigenvalue weighted by Gasteiger charge is -2.18. The van der Waals surface area contributed by atoms with Crippen molar-refractivity contribution < 1.29 is 0 Å². The van der Waals surface area contributed by atoms with Crippen LogP contribution in [0.25, 0.3) is 0 Å². The van der Waals surface area contributed by atoms with E-state index >= 15 is 0 Å². The van der Waals surface area contributed by atoms with Gasteiger partial charge in [-0.05, 0) is 25.3 Å². The molecule has 0 radical (unpaired) electrons. The quantitative estimate of drug-likeness (QED) is 0.514. The third-order valence-electron chi connectivity index (χ3n) is 2.31. The molecule has 0 saturated carbocycles. The second-order valence-electron chi connectivity index (χ2n) is 2.85. The molecular weight excluding hydrogens is 112 g/mol. The standard InChI is InChI=1S/C7H12N2/c8-7-4-3-6-2-1-5-9(6)7/h4,6H,1-3,5,8H2. The number of nitrogens with zero attached hydrogens (tertiary/aromatic N) is 1. The molecule has 1 atom stereocenters. The average Bonchev–Trinajstić information content (AvgIpc) is 2.35. The molecule has 1 unspecified atom stereocenters. The fraction of sp³-hybridized carbons (Fsp3) is 0.714. The highest BCUT2D eigenvalue weighted by Gasteiger charge is 2.28. The van der Waals surface area contributed by atoms with Gasteiger partial charge >= 0.3 is 0 Å². The monoisotopic (exact) mass is 124 g/mol. The molecule has 2 heterocycles. The Labute approximate surface area is 55.3 Å². The topological polar surface area (TPSA) is 29.3 Å². The van der Waals surface area contributed by atoms with Crippen LogP contribution in [-0.4, -0.2) is 17.5 Å². The summed E-state index contributed by atoms with van der Waals surface area (Å²) < 4.78 is 0. The van der Waals surface area contributed by atoms with Gasteiger partial charge in [0, 0.05) is 12.6 Å². The lowest BCUT2D eigenvalue weighted by Crippen LogP contribution is -2.26. The van der Waals surface area contributed by atoms with Gasteiger partial charge in [0.2, 0.25) is 0 Å². The molecule has 2 heteroatoms. The summed E-state index contributed by atoms with van der Waals surface area (Å²) in [5.74, 6) is 1.01. The van der Waals surface area contributed by atoms with E-state index in [2.05, 4.69) is 11.0 Å². The molecule has 0 spiro atoms. The Morgan fingerprint density at radius 3 is 3.33 bits per heavy atom. The van der Waals surface area contributed by atoms with Gasteiger partial charge in [-0.2, -0.15) is 0 Å². The van der Waals surface area contributed by atoms with Crippen molar-refractivity contribution in [2.75, 3.05) is 6.54 Å². The van der Waals surface area contributed by atoms with Crippen LogP contribution in [0.3, 0.4) is 0 Å². The molecule has 2 N–H and O–H groups in total. The summed E-state index contributed by atoms with van der Waals surface area (Å²) in [6, 6.07) is 0.769. The molecule has 0 aromatic carbocycles. The van der Waals surface area contributed by atoms with Gasteiger partial charge in [-0.3, -0.25) is 0 Å². The van der Waals surface area contributed by atoms with Crippen molar-refractivity contribution >= 4 is 0 Å². The van der Waals surface area contributed by atoms with Crippen molar-refractivity contribution in [1.82, 2.24) is 4.90 Å². The van der Waals surface area contributed by atoms with Gasteiger partial charge in [0.25, 0.3) is 0 Å². The smallest absolute Gasteiger partial charge is 0.0948 e. The van der Waals surface area contributed by atoms with Gasteiger partial charge in [-0.1, -0.05) is 0 Å². The molecule has 0 amide bonds. The van der Waals surface area contributed by atoms with Gasteiger partial charge in [-0.25, -0.2) is 0 Å². The van der Waals surface area contributed by atoms with Crippen molar-refractivity contribution in [1.29, 1.82) is 0 Å². The van der Waals surface area contributed by atoms with E-state index in [4.69, 9.17) is 5.73 Å². The second-order valence-corrected chi connectivity index (χ2v) is 2.85. The Bertz CT molecular complexity index is 151. The minimum absolute atomic E-state index is 0.769. The minimum Gasteiger partial charge on any atom is -0.386 e. The van der Waals surface area contributed by atoms with E-state index in [9.17, 15) is 0 Å². The molecule has 2 aliphatic rings. The molecule has 0 aromatic heterocycles. The summed E-state index contributed by atoms with van der Waals surface area (Å²) >= 11 is 0. The first-order chi connectivity index (χ1) is 4.38. The SMILES string of the molecule is NC1=CCC2CCCN12. The van der Waals surface area contributed by atoms with Crippen LogP contribution in [0.1, 0.15) is 19.3 Å². The zero-order valence-corrected chi connectivity index (χ0v) is 5.51. The van der Waals surface area contributed by atoms with E-state index in [1.165, 1.54) is 25.8 Å². The maximum Gasteiger partial charge on any atom is 0.0948 e. The van der Waals surface area contributed by atoms with E-state index < -0.39 is 0 Å². The minimum atomic E-state index is 0.769. The van der Waals surface area contributed by atoms with E-state index in [1.54, 1.807) is 0 Å². The molecule has 2 nitrogen and oxygen atoms in total. The predicted molar refractivity (Wildman–Crippen MR) is 36.6 cm³/mol. The number of rotatable bonds is 0. The predicted octanol–water partition coefficient (Wildman–Crippen LogP) is 0.655. The molecular formula is C7H12N2. The van der Waals surface area contributed by atoms with Crippen molar-refractivity contribution in [3.05, 3.63) is 11.9 Å². The first-order valence-corrected chi connectivity index (χ1v) is 3.60. The summed E-state index contributed by atoms with van der Waals surface area (Å²) in [6.07, 6.45) is 6.01. The highest BCUT2D eigenvalue weighted by atomic mass is 15.2. The third kappa shape index (κ3) is 0.622. The average molecular weight is 124 g/mol. The van der Waals surface area contributed by atoms with Crippen LogP contribution in [-0.2, 0) is 0 Å². The lowest BCUT2D eigenvalue weighted by molar-refractivity contribution is 0.349. The Morgan fingerprint density at radius 2 is 2.56 bits per heavy atom. The van der Waals surface area contributed by atoms with Gasteiger partial charge in [0.15, 0.2) is 0 Å². The Morgan fingerprint density at radius 1 is 1.67 bits per heavy atom. The van der Waals surface area contributed by atoms with Gasteiger partial charge in [0.05, 0.1) is 5.82 Å². The van der Waals surface area contributed by atoms with E-state index in [0.717, 1.165) is 11.9 Å². The zero-order valence-electron chi connectivity index (χ0n) is 5.51. The maximum atomic E-state index is 5.71. The summed E-state index contributed by atoms with van der Waals surface area (Å²) in [5, 5.41) is 0.